The SMILES string of the molecule is CCSc1ccccc1NCC(C)COC. The molecule has 0 fully saturated rings. The third-order valence-electron chi connectivity index (χ3n) is 2.28. The summed E-state index contributed by atoms with van der Waals surface area (Å²) in [7, 11) is 1.75. The fourth-order valence-corrected chi connectivity index (χ4v) is 2.30. The molecular weight excluding hydrogens is 218 g/mol. The van der Waals surface area contributed by atoms with Crippen LogP contribution in [0.2, 0.25) is 0 Å². The molecule has 1 aromatic carbocycles. The van der Waals surface area contributed by atoms with E-state index in [9.17, 15) is 0 Å². The molecule has 1 N–H and O–H groups in total. The standard InChI is InChI=1S/C13H21NOS/c1-4-16-13-8-6-5-7-12(13)14-9-11(2)10-15-3/h5-8,11,14H,4,9-10H2,1-3H3. The number of benzene rings is 1. The van der Waals surface area contributed by atoms with Crippen LogP contribution >= 0.6 is 11.8 Å². The van der Waals surface area contributed by atoms with Crippen molar-refractivity contribution in [1.82, 2.24) is 0 Å². The van der Waals surface area contributed by atoms with E-state index >= 15 is 0 Å². The van der Waals surface area contributed by atoms with E-state index in [1.807, 2.05) is 11.8 Å². The first-order valence-corrected chi connectivity index (χ1v) is 6.71. The molecule has 0 aliphatic rings. The van der Waals surface area contributed by atoms with Crippen molar-refractivity contribution in [2.45, 2.75) is 18.7 Å². The van der Waals surface area contributed by atoms with Gasteiger partial charge in [0.05, 0.1) is 6.61 Å². The molecule has 0 bridgehead atoms. The number of thioether (sulfide) groups is 1. The van der Waals surface area contributed by atoms with E-state index in [1.54, 1.807) is 7.11 Å². The minimum atomic E-state index is 0.532. The zero-order valence-electron chi connectivity index (χ0n) is 10.3. The zero-order valence-corrected chi connectivity index (χ0v) is 11.1. The van der Waals surface area contributed by atoms with Gasteiger partial charge in [-0.25, -0.2) is 0 Å². The number of hydrogen-bond acceptors (Lipinski definition) is 3. The van der Waals surface area contributed by atoms with Gasteiger partial charge in [-0.15, -0.1) is 11.8 Å². The summed E-state index contributed by atoms with van der Waals surface area (Å²) >= 11 is 1.87. The van der Waals surface area contributed by atoms with Gasteiger partial charge in [-0.05, 0) is 23.8 Å². The number of rotatable bonds is 7. The molecule has 2 nitrogen and oxygen atoms in total. The predicted molar refractivity (Wildman–Crippen MR) is 72.4 cm³/mol. The van der Waals surface area contributed by atoms with Crippen LogP contribution in [0.5, 0.6) is 0 Å². The lowest BCUT2D eigenvalue weighted by atomic mass is 10.2. The molecule has 0 heterocycles. The van der Waals surface area contributed by atoms with E-state index in [0.717, 1.165) is 18.9 Å². The van der Waals surface area contributed by atoms with E-state index in [2.05, 4.69) is 43.4 Å². The van der Waals surface area contributed by atoms with Crippen molar-refractivity contribution in [2.75, 3.05) is 31.3 Å². The summed E-state index contributed by atoms with van der Waals surface area (Å²) in [5, 5.41) is 3.48. The van der Waals surface area contributed by atoms with Crippen LogP contribution in [-0.4, -0.2) is 26.0 Å². The van der Waals surface area contributed by atoms with Gasteiger partial charge in [-0.1, -0.05) is 26.0 Å². The molecule has 0 aliphatic carbocycles. The molecule has 0 amide bonds. The van der Waals surface area contributed by atoms with E-state index in [0.29, 0.717) is 5.92 Å². The van der Waals surface area contributed by atoms with Gasteiger partial charge >= 0.3 is 0 Å². The van der Waals surface area contributed by atoms with Gasteiger partial charge < -0.3 is 10.1 Å². The number of hydrogen-bond donors (Lipinski definition) is 1. The van der Waals surface area contributed by atoms with Crippen LogP contribution in [0.1, 0.15) is 13.8 Å². The molecule has 16 heavy (non-hydrogen) atoms. The topological polar surface area (TPSA) is 21.3 Å². The lowest BCUT2D eigenvalue weighted by Gasteiger charge is -2.15. The third kappa shape index (κ3) is 4.45. The second kappa shape index (κ2) is 7.58. The van der Waals surface area contributed by atoms with E-state index < -0.39 is 0 Å². The van der Waals surface area contributed by atoms with Crippen molar-refractivity contribution in [3.8, 4) is 0 Å². The molecule has 0 saturated heterocycles. The summed E-state index contributed by atoms with van der Waals surface area (Å²) in [6.07, 6.45) is 0. The van der Waals surface area contributed by atoms with Crippen LogP contribution < -0.4 is 5.32 Å². The largest absolute Gasteiger partial charge is 0.384 e. The highest BCUT2D eigenvalue weighted by Crippen LogP contribution is 2.26. The quantitative estimate of drug-likeness (QED) is 0.736. The fourth-order valence-electron chi connectivity index (χ4n) is 1.52. The Morgan fingerprint density at radius 3 is 2.81 bits per heavy atom. The van der Waals surface area contributed by atoms with Crippen molar-refractivity contribution in [2.24, 2.45) is 5.92 Å². The Morgan fingerprint density at radius 2 is 2.12 bits per heavy atom. The maximum atomic E-state index is 5.12. The summed E-state index contributed by atoms with van der Waals surface area (Å²) < 4.78 is 5.12. The van der Waals surface area contributed by atoms with Crippen molar-refractivity contribution in [3.05, 3.63) is 24.3 Å². The Bertz CT molecular complexity index is 304. The number of anilines is 1. The first-order chi connectivity index (χ1) is 7.77. The minimum Gasteiger partial charge on any atom is -0.384 e. The molecular formula is C13H21NOS. The number of ether oxygens (including phenoxy) is 1. The number of methoxy groups -OCH3 is 1. The minimum absolute atomic E-state index is 0.532. The number of para-hydroxylation sites is 1. The van der Waals surface area contributed by atoms with Crippen LogP contribution in [0, 0.1) is 5.92 Å². The molecule has 90 valence electrons. The summed E-state index contributed by atoms with van der Waals surface area (Å²) in [5.41, 5.74) is 1.23. The van der Waals surface area contributed by atoms with Crippen LogP contribution in [-0.2, 0) is 4.74 Å². The molecule has 1 atom stereocenters. The Balaban J connectivity index is 2.52. The Kier molecular flexibility index (Phi) is 6.34. The van der Waals surface area contributed by atoms with Crippen molar-refractivity contribution in [1.29, 1.82) is 0 Å². The summed E-state index contributed by atoms with van der Waals surface area (Å²) in [5.74, 6) is 1.64. The van der Waals surface area contributed by atoms with E-state index in [-0.39, 0.29) is 0 Å². The summed E-state index contributed by atoms with van der Waals surface area (Å²) in [6, 6.07) is 8.46. The van der Waals surface area contributed by atoms with Gasteiger partial charge in [-0.3, -0.25) is 0 Å². The third-order valence-corrected chi connectivity index (χ3v) is 3.23. The Morgan fingerprint density at radius 1 is 1.38 bits per heavy atom. The van der Waals surface area contributed by atoms with E-state index in [4.69, 9.17) is 4.74 Å². The maximum Gasteiger partial charge on any atom is 0.0504 e. The first kappa shape index (κ1) is 13.4. The highest BCUT2D eigenvalue weighted by atomic mass is 32.2. The van der Waals surface area contributed by atoms with Crippen LogP contribution in [0.25, 0.3) is 0 Å². The molecule has 0 radical (unpaired) electrons. The van der Waals surface area contributed by atoms with Crippen LogP contribution in [0.15, 0.2) is 29.2 Å². The normalized spacial score (nSPS) is 12.4. The highest BCUT2D eigenvalue weighted by molar-refractivity contribution is 7.99. The van der Waals surface area contributed by atoms with Gasteiger partial charge in [0.15, 0.2) is 0 Å². The Labute approximate surface area is 103 Å². The monoisotopic (exact) mass is 239 g/mol. The lowest BCUT2D eigenvalue weighted by molar-refractivity contribution is 0.164. The molecule has 0 spiro atoms. The molecule has 0 aromatic heterocycles. The predicted octanol–water partition coefficient (Wildman–Crippen LogP) is 3.49. The Hall–Kier alpha value is -0.670. The van der Waals surface area contributed by atoms with Crippen molar-refractivity contribution < 1.29 is 4.74 Å². The highest BCUT2D eigenvalue weighted by Gasteiger charge is 2.04. The molecule has 1 aromatic rings. The van der Waals surface area contributed by atoms with Crippen molar-refractivity contribution in [3.63, 3.8) is 0 Å². The first-order valence-electron chi connectivity index (χ1n) is 5.72. The second-order valence-corrected chi connectivity index (χ2v) is 5.18. The van der Waals surface area contributed by atoms with Gasteiger partial charge in [0, 0.05) is 24.2 Å². The second-order valence-electron chi connectivity index (χ2n) is 3.87. The van der Waals surface area contributed by atoms with Crippen LogP contribution in [0.4, 0.5) is 5.69 Å². The van der Waals surface area contributed by atoms with Gasteiger partial charge in [0.2, 0.25) is 0 Å². The van der Waals surface area contributed by atoms with E-state index in [1.165, 1.54) is 10.6 Å². The fraction of sp³-hybridized carbons (Fsp3) is 0.538. The average Bonchev–Trinajstić information content (AvgIpc) is 2.29. The van der Waals surface area contributed by atoms with Gasteiger partial charge in [0.25, 0.3) is 0 Å². The lowest BCUT2D eigenvalue weighted by Crippen LogP contribution is -2.16. The zero-order chi connectivity index (χ0) is 11.8. The maximum absolute atomic E-state index is 5.12. The average molecular weight is 239 g/mol. The molecule has 0 saturated carbocycles. The van der Waals surface area contributed by atoms with Gasteiger partial charge in [-0.2, -0.15) is 0 Å². The molecule has 1 rings (SSSR count). The van der Waals surface area contributed by atoms with Gasteiger partial charge in [0.1, 0.15) is 0 Å². The molecule has 1 unspecified atom stereocenters. The van der Waals surface area contributed by atoms with Crippen molar-refractivity contribution >= 4 is 17.4 Å². The van der Waals surface area contributed by atoms with Crippen LogP contribution in [0.3, 0.4) is 0 Å². The summed E-state index contributed by atoms with van der Waals surface area (Å²) in [6.45, 7) is 6.12. The smallest absolute Gasteiger partial charge is 0.0504 e. The molecule has 0 aliphatic heterocycles. The molecule has 3 heteroatoms. The summed E-state index contributed by atoms with van der Waals surface area (Å²) in [4.78, 5) is 1.33. The number of nitrogens with one attached hydrogen (secondary N) is 1.